The van der Waals surface area contributed by atoms with Gasteiger partial charge in [0.25, 0.3) is 0 Å². The van der Waals surface area contributed by atoms with Gasteiger partial charge in [-0.3, -0.25) is 0 Å². The molecule has 0 radical (unpaired) electrons. The van der Waals surface area contributed by atoms with E-state index < -0.39 is 0 Å². The first-order chi connectivity index (χ1) is 7.11. The Morgan fingerprint density at radius 2 is 2.27 bits per heavy atom. The smallest absolute Gasteiger partial charge is 0.191 e. The molecule has 0 aliphatic carbocycles. The van der Waals surface area contributed by atoms with Gasteiger partial charge in [-0.25, -0.2) is 13.9 Å². The molecule has 0 fully saturated rings. The van der Waals surface area contributed by atoms with Crippen LogP contribution in [-0.2, 0) is 0 Å². The molecule has 80 valence electrons. The van der Waals surface area contributed by atoms with Gasteiger partial charge in [0.1, 0.15) is 5.82 Å². The third kappa shape index (κ3) is 1.71. The number of nitrogens with zero attached hydrogens (tertiary/aromatic N) is 3. The summed E-state index contributed by atoms with van der Waals surface area (Å²) < 4.78 is 15.2. The molecule has 0 N–H and O–H groups in total. The number of hydrogen-bond donors (Lipinski definition) is 0. The van der Waals surface area contributed by atoms with Gasteiger partial charge < -0.3 is 0 Å². The van der Waals surface area contributed by atoms with Gasteiger partial charge in [-0.2, -0.15) is 5.10 Å². The van der Waals surface area contributed by atoms with Crippen LogP contribution in [0.5, 0.6) is 0 Å². The third-order valence-electron chi connectivity index (χ3n) is 2.70. The van der Waals surface area contributed by atoms with E-state index in [0.29, 0.717) is 17.4 Å². The van der Waals surface area contributed by atoms with Crippen molar-refractivity contribution in [1.82, 2.24) is 14.6 Å². The van der Waals surface area contributed by atoms with Gasteiger partial charge >= 0.3 is 0 Å². The molecule has 0 aliphatic rings. The van der Waals surface area contributed by atoms with Gasteiger partial charge in [-0.1, -0.05) is 13.8 Å². The number of rotatable bonds is 2. The van der Waals surface area contributed by atoms with Crippen molar-refractivity contribution >= 4 is 5.65 Å². The fourth-order valence-electron chi connectivity index (χ4n) is 1.58. The Bertz CT molecular complexity index is 490. The first-order valence-corrected chi connectivity index (χ1v) is 5.14. The molecule has 2 aromatic heterocycles. The van der Waals surface area contributed by atoms with Gasteiger partial charge in [0.2, 0.25) is 0 Å². The van der Waals surface area contributed by atoms with E-state index in [0.717, 1.165) is 12.0 Å². The molecule has 2 aromatic rings. The second kappa shape index (κ2) is 3.61. The molecule has 1 atom stereocenters. The summed E-state index contributed by atoms with van der Waals surface area (Å²) >= 11 is 0. The maximum Gasteiger partial charge on any atom is 0.191 e. The minimum atomic E-state index is -0.298. The minimum Gasteiger partial charge on any atom is -0.218 e. The first kappa shape index (κ1) is 10.1. The van der Waals surface area contributed by atoms with Gasteiger partial charge in [-0.15, -0.1) is 0 Å². The molecule has 0 aromatic carbocycles. The van der Waals surface area contributed by atoms with Gasteiger partial charge in [0.15, 0.2) is 11.5 Å². The molecule has 0 saturated carbocycles. The van der Waals surface area contributed by atoms with Crippen molar-refractivity contribution in [1.29, 1.82) is 0 Å². The first-order valence-electron chi connectivity index (χ1n) is 5.14. The summed E-state index contributed by atoms with van der Waals surface area (Å²) in [5.41, 5.74) is 1.27. The molecule has 15 heavy (non-hydrogen) atoms. The Hall–Kier alpha value is -1.45. The molecule has 0 aliphatic heterocycles. The third-order valence-corrected chi connectivity index (χ3v) is 2.70. The molecule has 0 saturated heterocycles. The Morgan fingerprint density at radius 1 is 1.53 bits per heavy atom. The van der Waals surface area contributed by atoms with Crippen molar-refractivity contribution in [3.8, 4) is 0 Å². The van der Waals surface area contributed by atoms with Crippen molar-refractivity contribution in [3.05, 3.63) is 29.5 Å². The van der Waals surface area contributed by atoms with Crippen LogP contribution in [0.3, 0.4) is 0 Å². The summed E-state index contributed by atoms with van der Waals surface area (Å²) in [7, 11) is 0. The topological polar surface area (TPSA) is 30.2 Å². The van der Waals surface area contributed by atoms with Crippen LogP contribution in [0.2, 0.25) is 0 Å². The van der Waals surface area contributed by atoms with Crippen molar-refractivity contribution in [2.75, 3.05) is 0 Å². The Balaban J connectivity index is 2.61. The second-order valence-electron chi connectivity index (χ2n) is 3.86. The Kier molecular flexibility index (Phi) is 2.42. The average molecular weight is 207 g/mol. The van der Waals surface area contributed by atoms with E-state index in [1.165, 1.54) is 4.52 Å². The highest BCUT2D eigenvalue weighted by molar-refractivity contribution is 5.41. The summed E-state index contributed by atoms with van der Waals surface area (Å²) in [4.78, 5) is 4.02. The quantitative estimate of drug-likeness (QED) is 0.757. The zero-order valence-corrected chi connectivity index (χ0v) is 9.16. The van der Waals surface area contributed by atoms with Crippen LogP contribution in [0, 0.1) is 12.7 Å². The van der Waals surface area contributed by atoms with E-state index in [2.05, 4.69) is 23.9 Å². The van der Waals surface area contributed by atoms with Gasteiger partial charge in [-0.05, 0) is 30.9 Å². The number of hydrogen-bond acceptors (Lipinski definition) is 2. The predicted octanol–water partition coefficient (Wildman–Crippen LogP) is 2.69. The second-order valence-corrected chi connectivity index (χ2v) is 3.86. The van der Waals surface area contributed by atoms with Crippen molar-refractivity contribution in [2.24, 2.45) is 0 Å². The lowest BCUT2D eigenvalue weighted by molar-refractivity contribution is 0.616. The van der Waals surface area contributed by atoms with Crippen LogP contribution in [0.15, 0.2) is 12.3 Å². The van der Waals surface area contributed by atoms with E-state index in [1.807, 2.05) is 6.20 Å². The SMILES string of the molecule is CCC(C)c1cc(F)c2nc(C)nn2c1. The monoisotopic (exact) mass is 207 g/mol. The standard InChI is InChI=1S/C11H14FN3/c1-4-7(2)9-5-10(12)11-13-8(3)14-15(11)6-9/h5-7H,4H2,1-3H3. The molecule has 2 heterocycles. The fourth-order valence-corrected chi connectivity index (χ4v) is 1.58. The molecule has 3 nitrogen and oxygen atoms in total. The summed E-state index contributed by atoms with van der Waals surface area (Å²) in [6, 6.07) is 1.55. The summed E-state index contributed by atoms with van der Waals surface area (Å²) in [5.74, 6) is 0.636. The lowest BCUT2D eigenvalue weighted by Crippen LogP contribution is -1.98. The van der Waals surface area contributed by atoms with Crippen LogP contribution in [-0.4, -0.2) is 14.6 Å². The highest BCUT2D eigenvalue weighted by Gasteiger charge is 2.10. The highest BCUT2D eigenvalue weighted by Crippen LogP contribution is 2.20. The zero-order valence-electron chi connectivity index (χ0n) is 9.16. The lowest BCUT2D eigenvalue weighted by atomic mass is 10.0. The number of aromatic nitrogens is 3. The largest absolute Gasteiger partial charge is 0.218 e. The highest BCUT2D eigenvalue weighted by atomic mass is 19.1. The molecular formula is C11H14FN3. The van der Waals surface area contributed by atoms with E-state index in [4.69, 9.17) is 0 Å². The summed E-state index contributed by atoms with van der Waals surface area (Å²) in [6.45, 7) is 5.92. The average Bonchev–Trinajstić information content (AvgIpc) is 2.58. The van der Waals surface area contributed by atoms with E-state index >= 15 is 0 Å². The summed E-state index contributed by atoms with van der Waals surface area (Å²) in [5, 5.41) is 4.12. The Morgan fingerprint density at radius 3 is 2.93 bits per heavy atom. The van der Waals surface area contributed by atoms with E-state index in [1.54, 1.807) is 13.0 Å². The fraction of sp³-hybridized carbons (Fsp3) is 0.455. The van der Waals surface area contributed by atoms with E-state index in [9.17, 15) is 4.39 Å². The minimum absolute atomic E-state index is 0.298. The molecule has 2 rings (SSSR count). The number of fused-ring (bicyclic) bond motifs is 1. The maximum absolute atomic E-state index is 13.6. The summed E-state index contributed by atoms with van der Waals surface area (Å²) in [6.07, 6.45) is 2.84. The van der Waals surface area contributed by atoms with Gasteiger partial charge in [0, 0.05) is 6.20 Å². The van der Waals surface area contributed by atoms with Crippen LogP contribution in [0.1, 0.15) is 37.6 Å². The predicted molar refractivity (Wildman–Crippen MR) is 56.4 cm³/mol. The molecule has 4 heteroatoms. The lowest BCUT2D eigenvalue weighted by Gasteiger charge is -2.08. The van der Waals surface area contributed by atoms with Crippen LogP contribution < -0.4 is 0 Å². The molecule has 1 unspecified atom stereocenters. The van der Waals surface area contributed by atoms with Crippen LogP contribution in [0.25, 0.3) is 5.65 Å². The normalized spacial score (nSPS) is 13.3. The number of aryl methyl sites for hydroxylation is 1. The molecule has 0 bridgehead atoms. The van der Waals surface area contributed by atoms with Crippen LogP contribution >= 0.6 is 0 Å². The number of halogens is 1. The Labute approximate surface area is 87.9 Å². The van der Waals surface area contributed by atoms with Crippen LogP contribution in [0.4, 0.5) is 4.39 Å². The maximum atomic E-state index is 13.6. The molecule has 0 spiro atoms. The van der Waals surface area contributed by atoms with Gasteiger partial charge in [0.05, 0.1) is 0 Å². The van der Waals surface area contributed by atoms with Crippen molar-refractivity contribution < 1.29 is 4.39 Å². The molecular weight excluding hydrogens is 193 g/mol. The van der Waals surface area contributed by atoms with Crippen molar-refractivity contribution in [2.45, 2.75) is 33.1 Å². The van der Waals surface area contributed by atoms with E-state index in [-0.39, 0.29) is 5.82 Å². The van der Waals surface area contributed by atoms with Crippen molar-refractivity contribution in [3.63, 3.8) is 0 Å². The number of pyridine rings is 1. The molecule has 0 amide bonds. The zero-order chi connectivity index (χ0) is 11.0.